The van der Waals surface area contributed by atoms with Crippen LogP contribution >= 0.6 is 0 Å². The van der Waals surface area contributed by atoms with Gasteiger partial charge in [-0.2, -0.15) is 0 Å². The Morgan fingerprint density at radius 1 is 1.28 bits per heavy atom. The van der Waals surface area contributed by atoms with Crippen molar-refractivity contribution in [2.24, 2.45) is 5.11 Å². The zero-order valence-corrected chi connectivity index (χ0v) is 18.0. The molecule has 0 spiro atoms. The minimum atomic E-state index is -1.56. The van der Waals surface area contributed by atoms with Crippen LogP contribution in [0.15, 0.2) is 34.2 Å². The number of methoxy groups -OCH3 is 1. The van der Waals surface area contributed by atoms with Gasteiger partial charge in [-0.05, 0) is 53.8 Å². The fraction of sp³-hybridized carbons (Fsp3) is 0.348. The van der Waals surface area contributed by atoms with Crippen LogP contribution in [0.5, 0.6) is 5.75 Å². The van der Waals surface area contributed by atoms with Gasteiger partial charge >= 0.3 is 5.97 Å². The molecule has 4 heterocycles. The lowest BCUT2D eigenvalue weighted by Crippen LogP contribution is -2.43. The first-order valence-corrected chi connectivity index (χ1v) is 10.5. The first-order valence-electron chi connectivity index (χ1n) is 10.5. The average molecular weight is 431 g/mol. The summed E-state index contributed by atoms with van der Waals surface area (Å²) in [7, 11) is 1.63. The third-order valence-electron chi connectivity index (χ3n) is 6.58. The van der Waals surface area contributed by atoms with E-state index in [1.54, 1.807) is 24.7 Å². The molecule has 2 aromatic heterocycles. The van der Waals surface area contributed by atoms with Crippen LogP contribution < -0.4 is 10.3 Å². The van der Waals surface area contributed by atoms with Crippen molar-refractivity contribution < 1.29 is 14.3 Å². The van der Waals surface area contributed by atoms with Gasteiger partial charge in [-0.3, -0.25) is 9.59 Å². The standard InChI is InChI=1S/C23H21N5O4/c1-4-13-14-8-12(31-3)6-7-18(14)25-20-15(13)10-28-19(20)9-17-16(21(28)29)11-32-22(30)23(17,5-2)26-27-24/h6-9H,4-5,10-11H2,1-3H3/t23-/m0/s1. The van der Waals surface area contributed by atoms with Crippen molar-refractivity contribution in [2.75, 3.05) is 7.11 Å². The molecule has 0 aliphatic carbocycles. The monoisotopic (exact) mass is 431 g/mol. The topological polar surface area (TPSA) is 119 Å². The van der Waals surface area contributed by atoms with E-state index in [1.165, 1.54) is 0 Å². The second-order valence-corrected chi connectivity index (χ2v) is 7.95. The number of aryl methyl sites for hydroxylation is 1. The highest BCUT2D eigenvalue weighted by molar-refractivity contribution is 5.90. The summed E-state index contributed by atoms with van der Waals surface area (Å²) >= 11 is 0. The van der Waals surface area contributed by atoms with Crippen molar-refractivity contribution in [1.82, 2.24) is 9.55 Å². The Balaban J connectivity index is 1.83. The quantitative estimate of drug-likeness (QED) is 0.210. The van der Waals surface area contributed by atoms with Crippen LogP contribution in [0.25, 0.3) is 32.7 Å². The Bertz CT molecular complexity index is 1420. The minimum Gasteiger partial charge on any atom is -0.497 e. The Kier molecular flexibility index (Phi) is 4.46. The van der Waals surface area contributed by atoms with E-state index in [-0.39, 0.29) is 18.6 Å². The lowest BCUT2D eigenvalue weighted by atomic mass is 9.83. The van der Waals surface area contributed by atoms with Gasteiger partial charge in [0.1, 0.15) is 12.4 Å². The van der Waals surface area contributed by atoms with Crippen LogP contribution in [-0.2, 0) is 34.6 Å². The second kappa shape index (κ2) is 7.10. The maximum absolute atomic E-state index is 13.5. The summed E-state index contributed by atoms with van der Waals surface area (Å²) < 4.78 is 12.3. The molecule has 0 radical (unpaired) electrons. The minimum absolute atomic E-state index is 0.139. The molecule has 0 saturated heterocycles. The molecule has 9 nitrogen and oxygen atoms in total. The van der Waals surface area contributed by atoms with E-state index in [4.69, 9.17) is 20.0 Å². The molecule has 0 fully saturated rings. The molecule has 0 bridgehead atoms. The van der Waals surface area contributed by atoms with Crippen molar-refractivity contribution in [2.45, 2.75) is 45.4 Å². The first kappa shape index (κ1) is 20.1. The van der Waals surface area contributed by atoms with E-state index in [2.05, 4.69) is 16.9 Å². The van der Waals surface area contributed by atoms with E-state index in [0.29, 0.717) is 29.1 Å². The zero-order chi connectivity index (χ0) is 22.6. The number of fused-ring (bicyclic) bond motifs is 5. The summed E-state index contributed by atoms with van der Waals surface area (Å²) in [4.78, 5) is 33.9. The molecule has 1 atom stereocenters. The number of aromatic nitrogens is 2. The van der Waals surface area contributed by atoms with Crippen LogP contribution in [0, 0.1) is 0 Å². The van der Waals surface area contributed by atoms with Crippen molar-refractivity contribution in [1.29, 1.82) is 0 Å². The predicted molar refractivity (Wildman–Crippen MR) is 117 cm³/mol. The number of carbonyl (C=O) groups excluding carboxylic acids is 1. The molecular formula is C23H21N5O4. The Morgan fingerprint density at radius 2 is 2.09 bits per heavy atom. The second-order valence-electron chi connectivity index (χ2n) is 7.95. The first-order chi connectivity index (χ1) is 15.5. The number of carbonyl (C=O) groups is 1. The molecule has 2 aliphatic heterocycles. The zero-order valence-electron chi connectivity index (χ0n) is 18.0. The SMILES string of the molecule is CCc1c2c(nc3ccc(OC)cc13)-c1cc3c(c(=O)n1C2)COC(=O)[C@@]3(CC)N=[N+]=[N-]. The van der Waals surface area contributed by atoms with Crippen molar-refractivity contribution in [3.05, 3.63) is 67.3 Å². The summed E-state index contributed by atoms with van der Waals surface area (Å²) in [5, 5.41) is 4.80. The molecule has 2 aliphatic rings. The highest BCUT2D eigenvalue weighted by atomic mass is 16.5. The normalized spacial score (nSPS) is 18.4. The Morgan fingerprint density at radius 3 is 2.78 bits per heavy atom. The van der Waals surface area contributed by atoms with Gasteiger partial charge in [0.25, 0.3) is 5.56 Å². The Hall–Kier alpha value is -3.84. The van der Waals surface area contributed by atoms with E-state index in [1.807, 2.05) is 18.2 Å². The molecular weight excluding hydrogens is 410 g/mol. The van der Waals surface area contributed by atoms with Gasteiger partial charge in [0.15, 0.2) is 5.54 Å². The van der Waals surface area contributed by atoms with Crippen molar-refractivity contribution in [3.63, 3.8) is 0 Å². The van der Waals surface area contributed by atoms with E-state index < -0.39 is 11.5 Å². The molecule has 1 aromatic carbocycles. The molecule has 0 unspecified atom stereocenters. The summed E-state index contributed by atoms with van der Waals surface area (Å²) in [5.41, 5.74) is 12.3. The Labute approximate surface area is 183 Å². The molecule has 0 amide bonds. The highest BCUT2D eigenvalue weighted by Crippen LogP contribution is 2.42. The van der Waals surface area contributed by atoms with E-state index >= 15 is 0 Å². The molecule has 0 saturated carbocycles. The van der Waals surface area contributed by atoms with E-state index in [0.717, 1.165) is 34.2 Å². The maximum atomic E-state index is 13.5. The molecule has 9 heteroatoms. The number of benzene rings is 1. The van der Waals surface area contributed by atoms with Gasteiger partial charge in [-0.25, -0.2) is 4.98 Å². The summed E-state index contributed by atoms with van der Waals surface area (Å²) in [6.07, 6.45) is 0.944. The van der Waals surface area contributed by atoms with Gasteiger partial charge < -0.3 is 14.0 Å². The largest absolute Gasteiger partial charge is 0.497 e. The van der Waals surface area contributed by atoms with Gasteiger partial charge in [0.05, 0.1) is 36.1 Å². The third-order valence-corrected chi connectivity index (χ3v) is 6.58. The van der Waals surface area contributed by atoms with E-state index in [9.17, 15) is 9.59 Å². The lowest BCUT2D eigenvalue weighted by Gasteiger charge is -2.32. The molecule has 162 valence electrons. The fourth-order valence-corrected chi connectivity index (χ4v) is 4.91. The van der Waals surface area contributed by atoms with Crippen LogP contribution in [0.2, 0.25) is 0 Å². The number of pyridine rings is 2. The molecule has 5 rings (SSSR count). The molecule has 3 aromatic rings. The molecule has 32 heavy (non-hydrogen) atoms. The number of rotatable bonds is 4. The van der Waals surface area contributed by atoms with Gasteiger partial charge in [-0.1, -0.05) is 19.0 Å². The van der Waals surface area contributed by atoms with Crippen LogP contribution in [0.1, 0.15) is 42.5 Å². The van der Waals surface area contributed by atoms with Crippen LogP contribution in [0.4, 0.5) is 0 Å². The number of ether oxygens (including phenoxy) is 2. The smallest absolute Gasteiger partial charge is 0.322 e. The van der Waals surface area contributed by atoms with Gasteiger partial charge in [0.2, 0.25) is 0 Å². The number of hydrogen-bond donors (Lipinski definition) is 0. The van der Waals surface area contributed by atoms with Crippen LogP contribution in [-0.4, -0.2) is 22.6 Å². The predicted octanol–water partition coefficient (Wildman–Crippen LogP) is 3.97. The van der Waals surface area contributed by atoms with Gasteiger partial charge in [0, 0.05) is 15.9 Å². The number of azide groups is 1. The summed E-state index contributed by atoms with van der Waals surface area (Å²) in [5.74, 6) is 0.107. The number of esters is 1. The lowest BCUT2D eigenvalue weighted by molar-refractivity contribution is -0.154. The van der Waals surface area contributed by atoms with Crippen LogP contribution in [0.3, 0.4) is 0 Å². The van der Waals surface area contributed by atoms with Crippen molar-refractivity contribution in [3.8, 4) is 17.1 Å². The maximum Gasteiger partial charge on any atom is 0.322 e. The number of nitrogens with zero attached hydrogens (tertiary/aromatic N) is 5. The van der Waals surface area contributed by atoms with Gasteiger partial charge in [-0.15, -0.1) is 0 Å². The highest BCUT2D eigenvalue weighted by Gasteiger charge is 2.46. The number of hydrogen-bond acceptors (Lipinski definition) is 6. The fourth-order valence-electron chi connectivity index (χ4n) is 4.91. The molecule has 0 N–H and O–H groups in total. The summed E-state index contributed by atoms with van der Waals surface area (Å²) in [6, 6.07) is 7.51. The average Bonchev–Trinajstić information content (AvgIpc) is 3.17. The summed E-state index contributed by atoms with van der Waals surface area (Å²) in [6.45, 7) is 4.05. The van der Waals surface area contributed by atoms with Crippen molar-refractivity contribution >= 4 is 16.9 Å². The third kappa shape index (κ3) is 2.51. The number of cyclic esters (lactones) is 1.